The van der Waals surface area contributed by atoms with Crippen LogP contribution >= 0.6 is 0 Å². The lowest BCUT2D eigenvalue weighted by atomic mass is 10.1. The standard InChI is InChI=1S/C24H21NO3S/c1-28-22-16-14-21(15-17-22)25(18-19-8-3-2-4-9-19)29(26,27)24-13-7-11-20-10-5-6-12-23(20)24/h2-17H,18H2,1H3. The lowest BCUT2D eigenvalue weighted by Gasteiger charge is -2.25. The Bertz CT molecular complexity index is 1210. The van der Waals surface area contributed by atoms with E-state index < -0.39 is 10.0 Å². The molecule has 0 unspecified atom stereocenters. The van der Waals surface area contributed by atoms with Crippen LogP contribution in [0.25, 0.3) is 10.8 Å². The third-order valence-corrected chi connectivity index (χ3v) is 6.68. The number of nitrogens with zero attached hydrogens (tertiary/aromatic N) is 1. The van der Waals surface area contributed by atoms with Crippen molar-refractivity contribution >= 4 is 26.5 Å². The first kappa shape index (κ1) is 19.0. The first-order valence-electron chi connectivity index (χ1n) is 9.28. The number of rotatable bonds is 6. The second-order valence-electron chi connectivity index (χ2n) is 6.67. The lowest BCUT2D eigenvalue weighted by Crippen LogP contribution is -2.30. The fourth-order valence-electron chi connectivity index (χ4n) is 3.35. The Morgan fingerprint density at radius 2 is 1.41 bits per heavy atom. The maximum Gasteiger partial charge on any atom is 0.265 e. The van der Waals surface area contributed by atoms with Crippen LogP contribution in [0.15, 0.2) is 102 Å². The normalized spacial score (nSPS) is 11.3. The Morgan fingerprint density at radius 3 is 2.14 bits per heavy atom. The van der Waals surface area contributed by atoms with Crippen molar-refractivity contribution in [1.82, 2.24) is 0 Å². The van der Waals surface area contributed by atoms with Gasteiger partial charge in [0.2, 0.25) is 0 Å². The smallest absolute Gasteiger partial charge is 0.265 e. The van der Waals surface area contributed by atoms with Gasteiger partial charge >= 0.3 is 0 Å². The molecular weight excluding hydrogens is 382 g/mol. The predicted octanol–water partition coefficient (Wildman–Crippen LogP) is 5.24. The summed E-state index contributed by atoms with van der Waals surface area (Å²) in [4.78, 5) is 0.294. The molecule has 5 heteroatoms. The van der Waals surface area contributed by atoms with Crippen LogP contribution in [0.4, 0.5) is 5.69 Å². The molecule has 0 saturated heterocycles. The van der Waals surface area contributed by atoms with Crippen molar-refractivity contribution in [3.8, 4) is 5.75 Å². The van der Waals surface area contributed by atoms with Gasteiger partial charge in [0.15, 0.2) is 0 Å². The number of methoxy groups -OCH3 is 1. The summed E-state index contributed by atoms with van der Waals surface area (Å²) in [5.41, 5.74) is 1.50. The summed E-state index contributed by atoms with van der Waals surface area (Å²) in [5.74, 6) is 0.677. The van der Waals surface area contributed by atoms with E-state index in [1.807, 2.05) is 60.7 Å². The van der Waals surface area contributed by atoms with E-state index in [9.17, 15) is 8.42 Å². The van der Waals surface area contributed by atoms with Crippen LogP contribution in [-0.4, -0.2) is 15.5 Å². The summed E-state index contributed by atoms with van der Waals surface area (Å²) >= 11 is 0. The topological polar surface area (TPSA) is 46.6 Å². The van der Waals surface area contributed by atoms with E-state index in [-0.39, 0.29) is 6.54 Å². The summed E-state index contributed by atoms with van der Waals surface area (Å²) in [6.45, 7) is 0.235. The second-order valence-corrected chi connectivity index (χ2v) is 8.50. The molecule has 0 spiro atoms. The van der Waals surface area contributed by atoms with Gasteiger partial charge in [-0.05, 0) is 41.3 Å². The highest BCUT2D eigenvalue weighted by Gasteiger charge is 2.27. The fourth-order valence-corrected chi connectivity index (χ4v) is 5.02. The number of fused-ring (bicyclic) bond motifs is 1. The van der Waals surface area contributed by atoms with Crippen molar-refractivity contribution in [1.29, 1.82) is 0 Å². The van der Waals surface area contributed by atoms with Crippen molar-refractivity contribution in [3.05, 3.63) is 103 Å². The van der Waals surface area contributed by atoms with Gasteiger partial charge in [0.05, 0.1) is 24.2 Å². The van der Waals surface area contributed by atoms with E-state index >= 15 is 0 Å². The molecule has 0 bridgehead atoms. The van der Waals surface area contributed by atoms with Gasteiger partial charge in [0.25, 0.3) is 10.0 Å². The molecule has 0 fully saturated rings. The quantitative estimate of drug-likeness (QED) is 0.442. The third kappa shape index (κ3) is 3.82. The fraction of sp³-hybridized carbons (Fsp3) is 0.0833. The van der Waals surface area contributed by atoms with Crippen LogP contribution < -0.4 is 9.04 Å². The van der Waals surface area contributed by atoms with Crippen molar-refractivity contribution in [2.24, 2.45) is 0 Å². The van der Waals surface area contributed by atoms with Crippen LogP contribution in [0.5, 0.6) is 5.75 Å². The molecule has 0 radical (unpaired) electrons. The van der Waals surface area contributed by atoms with Gasteiger partial charge in [-0.1, -0.05) is 66.7 Å². The van der Waals surface area contributed by atoms with E-state index in [1.165, 1.54) is 4.31 Å². The minimum Gasteiger partial charge on any atom is -0.497 e. The largest absolute Gasteiger partial charge is 0.497 e. The molecule has 4 rings (SSSR count). The number of hydrogen-bond donors (Lipinski definition) is 0. The monoisotopic (exact) mass is 403 g/mol. The molecule has 0 N–H and O–H groups in total. The van der Waals surface area contributed by atoms with E-state index in [4.69, 9.17) is 4.74 Å². The van der Waals surface area contributed by atoms with Gasteiger partial charge in [0, 0.05) is 5.39 Å². The van der Waals surface area contributed by atoms with Crippen LogP contribution in [0.1, 0.15) is 5.56 Å². The summed E-state index contributed by atoms with van der Waals surface area (Å²) in [6.07, 6.45) is 0. The van der Waals surface area contributed by atoms with Gasteiger partial charge in [0.1, 0.15) is 5.75 Å². The minimum absolute atomic E-state index is 0.235. The van der Waals surface area contributed by atoms with Gasteiger partial charge in [-0.15, -0.1) is 0 Å². The molecule has 0 saturated carbocycles. The molecule has 0 amide bonds. The van der Waals surface area contributed by atoms with Crippen LogP contribution in [-0.2, 0) is 16.6 Å². The first-order valence-corrected chi connectivity index (χ1v) is 10.7. The predicted molar refractivity (Wildman–Crippen MR) is 117 cm³/mol. The SMILES string of the molecule is COc1ccc(N(Cc2ccccc2)S(=O)(=O)c2cccc3ccccc23)cc1. The van der Waals surface area contributed by atoms with E-state index in [1.54, 1.807) is 43.5 Å². The number of sulfonamides is 1. The van der Waals surface area contributed by atoms with E-state index in [0.717, 1.165) is 10.9 Å². The van der Waals surface area contributed by atoms with Crippen molar-refractivity contribution in [3.63, 3.8) is 0 Å². The molecule has 0 atom stereocenters. The molecule has 0 heterocycles. The molecule has 146 valence electrons. The maximum atomic E-state index is 13.8. The molecule has 4 aromatic carbocycles. The average molecular weight is 404 g/mol. The zero-order valence-corrected chi connectivity index (χ0v) is 16.8. The van der Waals surface area contributed by atoms with Crippen LogP contribution in [0, 0.1) is 0 Å². The molecule has 0 aliphatic heterocycles. The molecular formula is C24H21NO3S. The highest BCUT2D eigenvalue weighted by molar-refractivity contribution is 7.93. The molecule has 0 aliphatic rings. The Hall–Kier alpha value is -3.31. The Kier molecular flexibility index (Phi) is 5.23. The van der Waals surface area contributed by atoms with E-state index in [2.05, 4.69) is 0 Å². The third-order valence-electron chi connectivity index (χ3n) is 4.85. The zero-order chi connectivity index (χ0) is 20.3. The maximum absolute atomic E-state index is 13.8. The Labute approximate surface area is 171 Å². The molecule has 0 aromatic heterocycles. The number of benzene rings is 4. The molecule has 4 aromatic rings. The van der Waals surface area contributed by atoms with Gasteiger partial charge in [-0.25, -0.2) is 8.42 Å². The molecule has 29 heavy (non-hydrogen) atoms. The summed E-state index contributed by atoms with van der Waals surface area (Å²) in [6, 6.07) is 29.6. The minimum atomic E-state index is -3.81. The number of hydrogen-bond acceptors (Lipinski definition) is 3. The van der Waals surface area contributed by atoms with Crippen LogP contribution in [0.2, 0.25) is 0 Å². The summed E-state index contributed by atoms with van der Waals surface area (Å²) in [7, 11) is -2.22. The van der Waals surface area contributed by atoms with Gasteiger partial charge < -0.3 is 4.74 Å². The summed E-state index contributed by atoms with van der Waals surface area (Å²) in [5, 5.41) is 1.60. The second kappa shape index (κ2) is 7.97. The van der Waals surface area contributed by atoms with Crippen molar-refractivity contribution < 1.29 is 13.2 Å². The van der Waals surface area contributed by atoms with Crippen molar-refractivity contribution in [2.45, 2.75) is 11.4 Å². The van der Waals surface area contributed by atoms with Gasteiger partial charge in [-0.3, -0.25) is 4.31 Å². The first-order chi connectivity index (χ1) is 14.1. The molecule has 4 nitrogen and oxygen atoms in total. The van der Waals surface area contributed by atoms with Crippen LogP contribution in [0.3, 0.4) is 0 Å². The van der Waals surface area contributed by atoms with Gasteiger partial charge in [-0.2, -0.15) is 0 Å². The highest BCUT2D eigenvalue weighted by atomic mass is 32.2. The molecule has 0 aliphatic carbocycles. The highest BCUT2D eigenvalue weighted by Crippen LogP contribution is 2.31. The number of anilines is 1. The lowest BCUT2D eigenvalue weighted by molar-refractivity contribution is 0.415. The number of ether oxygens (including phenoxy) is 1. The Balaban J connectivity index is 1.86. The van der Waals surface area contributed by atoms with E-state index in [0.29, 0.717) is 21.7 Å². The Morgan fingerprint density at radius 1 is 0.759 bits per heavy atom. The zero-order valence-electron chi connectivity index (χ0n) is 16.0. The van der Waals surface area contributed by atoms with Crippen molar-refractivity contribution in [2.75, 3.05) is 11.4 Å². The average Bonchev–Trinajstić information content (AvgIpc) is 2.78. The summed E-state index contributed by atoms with van der Waals surface area (Å²) < 4.78 is 34.3.